The van der Waals surface area contributed by atoms with E-state index >= 15 is 0 Å². The molecule has 0 spiro atoms. The standard InChI is InChI=1S/C15H12F3N3O2S/c1-10(12-5-2-4-11(8-12)9-19)21-24(22,23)14-13(15(16,17)18)6-3-7-20-14/h2-8,10,21H,1H3. The van der Waals surface area contributed by atoms with Crippen LogP contribution in [0.15, 0.2) is 47.6 Å². The summed E-state index contributed by atoms with van der Waals surface area (Å²) in [6.45, 7) is 1.46. The van der Waals surface area contributed by atoms with Crippen molar-refractivity contribution in [2.75, 3.05) is 0 Å². The maximum absolute atomic E-state index is 13.0. The van der Waals surface area contributed by atoms with E-state index in [4.69, 9.17) is 5.26 Å². The number of benzene rings is 1. The third-order valence-corrected chi connectivity index (χ3v) is 4.68. The number of alkyl halides is 3. The summed E-state index contributed by atoms with van der Waals surface area (Å²) < 4.78 is 65.7. The van der Waals surface area contributed by atoms with Crippen molar-refractivity contribution in [3.63, 3.8) is 0 Å². The van der Waals surface area contributed by atoms with Gasteiger partial charge in [-0.3, -0.25) is 0 Å². The lowest BCUT2D eigenvalue weighted by Gasteiger charge is -2.17. The molecule has 0 saturated heterocycles. The lowest BCUT2D eigenvalue weighted by Crippen LogP contribution is -2.29. The van der Waals surface area contributed by atoms with Crippen LogP contribution in [-0.4, -0.2) is 13.4 Å². The minimum atomic E-state index is -4.84. The molecule has 1 atom stereocenters. The molecule has 126 valence electrons. The van der Waals surface area contributed by atoms with Gasteiger partial charge in [0.2, 0.25) is 0 Å². The fourth-order valence-corrected chi connectivity index (χ4v) is 3.44. The number of nitrogens with one attached hydrogen (secondary N) is 1. The van der Waals surface area contributed by atoms with Gasteiger partial charge >= 0.3 is 6.18 Å². The summed E-state index contributed by atoms with van der Waals surface area (Å²) in [7, 11) is -4.51. The Hall–Kier alpha value is -2.44. The van der Waals surface area contributed by atoms with E-state index < -0.39 is 32.8 Å². The molecule has 1 N–H and O–H groups in total. The maximum atomic E-state index is 13.0. The molecular formula is C15H12F3N3O2S. The monoisotopic (exact) mass is 355 g/mol. The molecule has 1 unspecified atom stereocenters. The Bertz CT molecular complexity index is 889. The number of halogens is 3. The van der Waals surface area contributed by atoms with Crippen molar-refractivity contribution in [2.45, 2.75) is 24.2 Å². The number of pyridine rings is 1. The molecule has 0 bridgehead atoms. The van der Waals surface area contributed by atoms with Crippen LogP contribution in [0.4, 0.5) is 13.2 Å². The minimum absolute atomic E-state index is 0.312. The van der Waals surface area contributed by atoms with E-state index in [1.807, 2.05) is 6.07 Å². The van der Waals surface area contributed by atoms with Gasteiger partial charge in [0.15, 0.2) is 5.03 Å². The molecule has 0 fully saturated rings. The second-order valence-corrected chi connectivity index (χ2v) is 6.56. The SMILES string of the molecule is CC(NS(=O)(=O)c1ncccc1C(F)(F)F)c1cccc(C#N)c1. The van der Waals surface area contributed by atoms with Gasteiger partial charge in [0.05, 0.1) is 17.2 Å². The fourth-order valence-electron chi connectivity index (χ4n) is 2.05. The van der Waals surface area contributed by atoms with Crippen LogP contribution in [0, 0.1) is 11.3 Å². The average Bonchev–Trinajstić information content (AvgIpc) is 2.53. The zero-order valence-corrected chi connectivity index (χ0v) is 13.2. The topological polar surface area (TPSA) is 82.8 Å². The fraction of sp³-hybridized carbons (Fsp3) is 0.200. The van der Waals surface area contributed by atoms with Gasteiger partial charge in [-0.15, -0.1) is 0 Å². The highest BCUT2D eigenvalue weighted by Crippen LogP contribution is 2.33. The average molecular weight is 355 g/mol. The van der Waals surface area contributed by atoms with E-state index in [0.29, 0.717) is 17.2 Å². The largest absolute Gasteiger partial charge is 0.419 e. The van der Waals surface area contributed by atoms with Crippen molar-refractivity contribution in [3.05, 3.63) is 59.3 Å². The first kappa shape index (κ1) is 17.9. The van der Waals surface area contributed by atoms with Crippen LogP contribution >= 0.6 is 0 Å². The van der Waals surface area contributed by atoms with E-state index in [1.54, 1.807) is 12.1 Å². The molecule has 1 aromatic carbocycles. The number of nitriles is 1. The van der Waals surface area contributed by atoms with E-state index in [9.17, 15) is 21.6 Å². The highest BCUT2D eigenvalue weighted by Gasteiger charge is 2.38. The smallest absolute Gasteiger partial charge is 0.243 e. The van der Waals surface area contributed by atoms with Gasteiger partial charge in [0.1, 0.15) is 0 Å². The van der Waals surface area contributed by atoms with Gasteiger partial charge < -0.3 is 0 Å². The van der Waals surface area contributed by atoms with Crippen LogP contribution < -0.4 is 4.72 Å². The van der Waals surface area contributed by atoms with Gasteiger partial charge in [-0.2, -0.15) is 18.4 Å². The molecular weight excluding hydrogens is 343 g/mol. The molecule has 0 aliphatic rings. The van der Waals surface area contributed by atoms with Gasteiger partial charge in [0.25, 0.3) is 10.0 Å². The number of nitrogens with zero attached hydrogens (tertiary/aromatic N) is 2. The predicted octanol–water partition coefficient (Wildman–Crippen LogP) is 3.01. The van der Waals surface area contributed by atoms with Crippen LogP contribution in [0.1, 0.15) is 29.7 Å². The Morgan fingerprint density at radius 3 is 2.58 bits per heavy atom. The van der Waals surface area contributed by atoms with E-state index in [1.165, 1.54) is 19.1 Å². The zero-order valence-electron chi connectivity index (χ0n) is 12.4. The van der Waals surface area contributed by atoms with Crippen LogP contribution in [0.5, 0.6) is 0 Å². The van der Waals surface area contributed by atoms with E-state index in [-0.39, 0.29) is 0 Å². The third kappa shape index (κ3) is 3.90. The Morgan fingerprint density at radius 2 is 1.96 bits per heavy atom. The second-order valence-electron chi connectivity index (χ2n) is 4.93. The lowest BCUT2D eigenvalue weighted by atomic mass is 10.1. The summed E-state index contributed by atoms with van der Waals surface area (Å²) in [4.78, 5) is 3.37. The van der Waals surface area contributed by atoms with Crippen molar-refractivity contribution in [2.24, 2.45) is 0 Å². The second kappa shape index (κ2) is 6.59. The molecule has 24 heavy (non-hydrogen) atoms. The molecule has 2 rings (SSSR count). The van der Waals surface area contributed by atoms with Crippen molar-refractivity contribution in [3.8, 4) is 6.07 Å². The van der Waals surface area contributed by atoms with Crippen LogP contribution in [-0.2, 0) is 16.2 Å². The first-order valence-electron chi connectivity index (χ1n) is 6.70. The Kier molecular flexibility index (Phi) is 4.91. The number of hydrogen-bond donors (Lipinski definition) is 1. The molecule has 1 heterocycles. The Morgan fingerprint density at radius 1 is 1.25 bits per heavy atom. The first-order valence-corrected chi connectivity index (χ1v) is 8.18. The first-order chi connectivity index (χ1) is 11.1. The molecule has 0 radical (unpaired) electrons. The van der Waals surface area contributed by atoms with Crippen molar-refractivity contribution >= 4 is 10.0 Å². The molecule has 0 amide bonds. The van der Waals surface area contributed by atoms with Gasteiger partial charge in [0, 0.05) is 12.2 Å². The maximum Gasteiger partial charge on any atom is 0.419 e. The van der Waals surface area contributed by atoms with Crippen LogP contribution in [0.3, 0.4) is 0 Å². The van der Waals surface area contributed by atoms with Gasteiger partial charge in [-0.05, 0) is 36.8 Å². The summed E-state index contributed by atoms with van der Waals surface area (Å²) in [5.74, 6) is 0. The third-order valence-electron chi connectivity index (χ3n) is 3.18. The molecule has 1 aromatic heterocycles. The normalized spacial score (nSPS) is 13.3. The van der Waals surface area contributed by atoms with Crippen molar-refractivity contribution in [1.82, 2.24) is 9.71 Å². The highest BCUT2D eigenvalue weighted by atomic mass is 32.2. The lowest BCUT2D eigenvalue weighted by molar-refractivity contribution is -0.140. The summed E-state index contributed by atoms with van der Waals surface area (Å²) in [6, 6.07) is 8.85. The van der Waals surface area contributed by atoms with Crippen molar-refractivity contribution < 1.29 is 21.6 Å². The summed E-state index contributed by atoms with van der Waals surface area (Å²) in [5, 5.41) is 7.77. The Labute approximate surface area is 136 Å². The molecule has 0 aliphatic heterocycles. The number of sulfonamides is 1. The van der Waals surface area contributed by atoms with Gasteiger partial charge in [-0.1, -0.05) is 12.1 Å². The molecule has 9 heteroatoms. The number of hydrogen-bond acceptors (Lipinski definition) is 4. The van der Waals surface area contributed by atoms with Crippen LogP contribution in [0.25, 0.3) is 0 Å². The van der Waals surface area contributed by atoms with Crippen molar-refractivity contribution in [1.29, 1.82) is 5.26 Å². The number of aromatic nitrogens is 1. The van der Waals surface area contributed by atoms with Gasteiger partial charge in [-0.25, -0.2) is 18.1 Å². The molecule has 2 aromatic rings. The van der Waals surface area contributed by atoms with Crippen LogP contribution in [0.2, 0.25) is 0 Å². The highest BCUT2D eigenvalue weighted by molar-refractivity contribution is 7.89. The number of rotatable bonds is 4. The summed E-state index contributed by atoms with van der Waals surface area (Å²) in [5.41, 5.74) is -0.579. The molecule has 5 nitrogen and oxygen atoms in total. The molecule has 0 aliphatic carbocycles. The molecule has 0 saturated carbocycles. The summed E-state index contributed by atoms with van der Waals surface area (Å²) >= 11 is 0. The van der Waals surface area contributed by atoms with E-state index in [2.05, 4.69) is 9.71 Å². The van der Waals surface area contributed by atoms with E-state index in [0.717, 1.165) is 12.3 Å². The zero-order chi connectivity index (χ0) is 18.0. The minimum Gasteiger partial charge on any atom is -0.243 e. The Balaban J connectivity index is 2.37. The quantitative estimate of drug-likeness (QED) is 0.914. The summed E-state index contributed by atoms with van der Waals surface area (Å²) in [6.07, 6.45) is -3.87. The predicted molar refractivity (Wildman–Crippen MR) is 79.1 cm³/mol.